The number of para-hydroxylation sites is 2. The highest BCUT2D eigenvalue weighted by atomic mass is 15.1. The number of rotatable bonds is 2. The first-order chi connectivity index (χ1) is 12.3. The third-order valence-corrected chi connectivity index (χ3v) is 4.09. The summed E-state index contributed by atoms with van der Waals surface area (Å²) in [5, 5.41) is 18.0. The summed E-state index contributed by atoms with van der Waals surface area (Å²) in [7, 11) is 0. The van der Waals surface area contributed by atoms with Crippen molar-refractivity contribution >= 4 is 11.0 Å². The van der Waals surface area contributed by atoms with Crippen molar-refractivity contribution in [2.24, 2.45) is 0 Å². The minimum Gasteiger partial charge on any atom is -0.292 e. The molecule has 4 heteroatoms. The number of hydrogen-bond donors (Lipinski definition) is 0. The number of fused-ring (bicyclic) bond motifs is 1. The van der Waals surface area contributed by atoms with E-state index >= 15 is 0 Å². The highest BCUT2D eigenvalue weighted by Gasteiger charge is 2.14. The first-order valence-electron chi connectivity index (χ1n) is 7.79. The third-order valence-electron chi connectivity index (χ3n) is 4.09. The largest absolute Gasteiger partial charge is 0.292 e. The molecule has 4 nitrogen and oxygen atoms in total. The van der Waals surface area contributed by atoms with Crippen molar-refractivity contribution in [2.45, 2.75) is 0 Å². The Balaban J connectivity index is 1.97. The van der Waals surface area contributed by atoms with Gasteiger partial charge in [-0.3, -0.25) is 4.57 Å². The van der Waals surface area contributed by atoms with Crippen LogP contribution in [0.4, 0.5) is 0 Å². The van der Waals surface area contributed by atoms with Gasteiger partial charge in [0.25, 0.3) is 0 Å². The second-order valence-electron chi connectivity index (χ2n) is 5.61. The number of nitriles is 2. The highest BCUT2D eigenvalue weighted by Crippen LogP contribution is 2.28. The highest BCUT2D eigenvalue weighted by molar-refractivity contribution is 5.83. The monoisotopic (exact) mass is 320 g/mol. The van der Waals surface area contributed by atoms with E-state index in [4.69, 9.17) is 15.5 Å². The first kappa shape index (κ1) is 14.7. The van der Waals surface area contributed by atoms with Crippen molar-refractivity contribution in [1.29, 1.82) is 10.5 Å². The van der Waals surface area contributed by atoms with Gasteiger partial charge in [-0.15, -0.1) is 0 Å². The molecule has 0 aliphatic carbocycles. The van der Waals surface area contributed by atoms with Crippen molar-refractivity contribution < 1.29 is 0 Å². The van der Waals surface area contributed by atoms with Gasteiger partial charge in [0.15, 0.2) is 0 Å². The maximum absolute atomic E-state index is 9.02. The fourth-order valence-corrected chi connectivity index (χ4v) is 2.86. The van der Waals surface area contributed by atoms with Gasteiger partial charge in [-0.1, -0.05) is 12.1 Å². The van der Waals surface area contributed by atoms with Crippen LogP contribution in [-0.2, 0) is 0 Å². The van der Waals surface area contributed by atoms with Gasteiger partial charge in [-0.2, -0.15) is 10.5 Å². The lowest BCUT2D eigenvalue weighted by atomic mass is 10.1. The van der Waals surface area contributed by atoms with Crippen molar-refractivity contribution in [3.8, 4) is 29.2 Å². The summed E-state index contributed by atoms with van der Waals surface area (Å²) in [5.41, 5.74) is 4.99. The molecule has 0 saturated heterocycles. The van der Waals surface area contributed by atoms with E-state index in [1.165, 1.54) is 0 Å². The predicted molar refractivity (Wildman–Crippen MR) is 95.9 cm³/mol. The molecule has 0 aliphatic rings. The van der Waals surface area contributed by atoms with Crippen LogP contribution in [0, 0.1) is 22.7 Å². The minimum atomic E-state index is 0.616. The zero-order chi connectivity index (χ0) is 17.2. The first-order valence-corrected chi connectivity index (χ1v) is 7.79. The zero-order valence-electron chi connectivity index (χ0n) is 13.2. The van der Waals surface area contributed by atoms with Crippen LogP contribution in [0.5, 0.6) is 0 Å². The van der Waals surface area contributed by atoms with E-state index in [2.05, 4.69) is 16.7 Å². The normalized spacial score (nSPS) is 10.3. The lowest BCUT2D eigenvalue weighted by Crippen LogP contribution is -1.97. The summed E-state index contributed by atoms with van der Waals surface area (Å²) in [6.07, 6.45) is 0. The van der Waals surface area contributed by atoms with Crippen LogP contribution in [0.25, 0.3) is 28.1 Å². The SMILES string of the molecule is N#Cc1ccc(-c2nc3ccccc3n2-c2ccc(C#N)cc2)cc1. The molecular formula is C21H12N4. The van der Waals surface area contributed by atoms with E-state index in [0.29, 0.717) is 11.1 Å². The second-order valence-corrected chi connectivity index (χ2v) is 5.61. The van der Waals surface area contributed by atoms with E-state index in [0.717, 1.165) is 28.1 Å². The van der Waals surface area contributed by atoms with E-state index in [-0.39, 0.29) is 0 Å². The summed E-state index contributed by atoms with van der Waals surface area (Å²) >= 11 is 0. The Morgan fingerprint density at radius 2 is 1.32 bits per heavy atom. The van der Waals surface area contributed by atoms with Gasteiger partial charge in [0.2, 0.25) is 0 Å². The minimum absolute atomic E-state index is 0.616. The average Bonchev–Trinajstić information content (AvgIpc) is 3.07. The second kappa shape index (κ2) is 5.96. The van der Waals surface area contributed by atoms with Crippen LogP contribution in [0.1, 0.15) is 11.1 Å². The Hall–Kier alpha value is -3.89. The standard InChI is InChI=1S/C21H12N4/c22-13-15-5-9-17(10-6-15)21-24-19-3-1-2-4-20(19)25(21)18-11-7-16(14-23)8-12-18/h1-12H. The van der Waals surface area contributed by atoms with Crippen LogP contribution < -0.4 is 0 Å². The molecule has 4 rings (SSSR count). The van der Waals surface area contributed by atoms with Gasteiger partial charge in [-0.25, -0.2) is 4.98 Å². The number of benzene rings is 3. The van der Waals surface area contributed by atoms with Gasteiger partial charge in [-0.05, 0) is 60.7 Å². The Morgan fingerprint density at radius 1 is 0.720 bits per heavy atom. The summed E-state index contributed by atoms with van der Waals surface area (Å²) < 4.78 is 2.07. The number of imidazole rings is 1. The van der Waals surface area contributed by atoms with E-state index < -0.39 is 0 Å². The fourth-order valence-electron chi connectivity index (χ4n) is 2.86. The topological polar surface area (TPSA) is 65.4 Å². The van der Waals surface area contributed by atoms with Crippen LogP contribution in [0.2, 0.25) is 0 Å². The van der Waals surface area contributed by atoms with Crippen LogP contribution in [0.15, 0.2) is 72.8 Å². The lowest BCUT2D eigenvalue weighted by Gasteiger charge is -2.09. The zero-order valence-corrected chi connectivity index (χ0v) is 13.2. The molecule has 116 valence electrons. The van der Waals surface area contributed by atoms with Crippen molar-refractivity contribution in [3.63, 3.8) is 0 Å². The van der Waals surface area contributed by atoms with Crippen molar-refractivity contribution in [2.75, 3.05) is 0 Å². The Labute approximate surface area is 144 Å². The van der Waals surface area contributed by atoms with E-state index in [1.54, 1.807) is 24.3 Å². The van der Waals surface area contributed by atoms with Crippen molar-refractivity contribution in [3.05, 3.63) is 83.9 Å². The molecule has 25 heavy (non-hydrogen) atoms. The van der Waals surface area contributed by atoms with Gasteiger partial charge >= 0.3 is 0 Å². The molecule has 3 aromatic carbocycles. The van der Waals surface area contributed by atoms with E-state index in [9.17, 15) is 0 Å². The molecule has 0 bridgehead atoms. The average molecular weight is 320 g/mol. The van der Waals surface area contributed by atoms with Gasteiger partial charge in [0.05, 0.1) is 34.3 Å². The molecule has 0 spiro atoms. The predicted octanol–water partition coefficient (Wildman–Crippen LogP) is 4.44. The summed E-state index contributed by atoms with van der Waals surface area (Å²) in [6, 6.07) is 27.0. The van der Waals surface area contributed by atoms with Crippen molar-refractivity contribution in [1.82, 2.24) is 9.55 Å². The quantitative estimate of drug-likeness (QED) is 0.548. The molecule has 0 aliphatic heterocycles. The molecule has 1 aromatic heterocycles. The fraction of sp³-hybridized carbons (Fsp3) is 0. The molecule has 4 aromatic rings. The molecule has 0 fully saturated rings. The smallest absolute Gasteiger partial charge is 0.145 e. The van der Waals surface area contributed by atoms with Crippen LogP contribution in [0.3, 0.4) is 0 Å². The molecule has 0 amide bonds. The molecule has 0 radical (unpaired) electrons. The maximum Gasteiger partial charge on any atom is 0.145 e. The number of nitrogens with zero attached hydrogens (tertiary/aromatic N) is 4. The molecule has 0 unspecified atom stereocenters. The lowest BCUT2D eigenvalue weighted by molar-refractivity contribution is 1.10. The van der Waals surface area contributed by atoms with Crippen LogP contribution in [-0.4, -0.2) is 9.55 Å². The molecule has 1 heterocycles. The van der Waals surface area contributed by atoms with Gasteiger partial charge in [0.1, 0.15) is 5.82 Å². The molecule has 0 atom stereocenters. The van der Waals surface area contributed by atoms with E-state index in [1.807, 2.05) is 48.5 Å². The summed E-state index contributed by atoms with van der Waals surface area (Å²) in [4.78, 5) is 4.77. The molecule has 0 saturated carbocycles. The molecule has 0 N–H and O–H groups in total. The van der Waals surface area contributed by atoms with Gasteiger partial charge in [0, 0.05) is 11.3 Å². The Bertz CT molecular complexity index is 1140. The maximum atomic E-state index is 9.02. The Morgan fingerprint density at radius 3 is 1.96 bits per heavy atom. The summed E-state index contributed by atoms with van der Waals surface area (Å²) in [5.74, 6) is 0.801. The molecular weight excluding hydrogens is 308 g/mol. The number of aromatic nitrogens is 2. The van der Waals surface area contributed by atoms with Crippen LogP contribution >= 0.6 is 0 Å². The Kier molecular flexibility index (Phi) is 3.50. The van der Waals surface area contributed by atoms with Gasteiger partial charge < -0.3 is 0 Å². The summed E-state index contributed by atoms with van der Waals surface area (Å²) in [6.45, 7) is 0. The third kappa shape index (κ3) is 2.52. The number of hydrogen-bond acceptors (Lipinski definition) is 3.